The Balaban J connectivity index is 2.78. The number of nitro benzene ring substituents is 1. The number of hydrogen-bond donors (Lipinski definition) is 1. The van der Waals surface area contributed by atoms with Crippen LogP contribution in [0, 0.1) is 10.1 Å². The number of hydrogen-bond acceptors (Lipinski definition) is 5. The molecule has 1 rings (SSSR count). The summed E-state index contributed by atoms with van der Waals surface area (Å²) in [6.45, 7) is 3.55. The van der Waals surface area contributed by atoms with Gasteiger partial charge in [-0.05, 0) is 19.4 Å². The Hall–Kier alpha value is -1.95. The molecule has 0 heterocycles. The van der Waals surface area contributed by atoms with Crippen molar-refractivity contribution < 1.29 is 14.5 Å². The van der Waals surface area contributed by atoms with Crippen LogP contribution in [0.5, 0.6) is 0 Å². The number of benzene rings is 1. The predicted molar refractivity (Wildman–Crippen MR) is 66.0 cm³/mol. The maximum absolute atomic E-state index is 11.6. The van der Waals surface area contributed by atoms with Crippen molar-refractivity contribution >= 4 is 11.7 Å². The van der Waals surface area contributed by atoms with Gasteiger partial charge < -0.3 is 10.5 Å². The van der Waals surface area contributed by atoms with E-state index < -0.39 is 16.4 Å². The van der Waals surface area contributed by atoms with Crippen LogP contribution in [0.1, 0.15) is 19.4 Å². The molecule has 0 aliphatic carbocycles. The monoisotopic (exact) mass is 252 g/mol. The van der Waals surface area contributed by atoms with Crippen LogP contribution in [0.25, 0.3) is 0 Å². The van der Waals surface area contributed by atoms with Crippen LogP contribution >= 0.6 is 0 Å². The Labute approximate surface area is 105 Å². The van der Waals surface area contributed by atoms with Crippen molar-refractivity contribution in [1.82, 2.24) is 0 Å². The molecule has 0 aromatic heterocycles. The number of non-ortho nitro benzene ring substituents is 1. The fourth-order valence-electron chi connectivity index (χ4n) is 1.53. The zero-order chi connectivity index (χ0) is 13.8. The van der Waals surface area contributed by atoms with Gasteiger partial charge >= 0.3 is 5.97 Å². The number of nitrogens with two attached hydrogens (primary N) is 1. The van der Waals surface area contributed by atoms with Gasteiger partial charge in [-0.1, -0.05) is 12.1 Å². The second kappa shape index (κ2) is 5.59. The van der Waals surface area contributed by atoms with Gasteiger partial charge in [0.1, 0.15) is 5.54 Å². The molecule has 0 bridgehead atoms. The van der Waals surface area contributed by atoms with Crippen LogP contribution in [-0.2, 0) is 16.0 Å². The molecule has 6 nitrogen and oxygen atoms in total. The minimum absolute atomic E-state index is 0.00797. The standard InChI is InChI=1S/C12H16N2O4/c1-3-18-11(15)12(2,13)8-9-4-6-10(7-5-9)14(16)17/h4-7H,3,8,13H2,1-2H3. The van der Waals surface area contributed by atoms with Crippen LogP contribution < -0.4 is 5.73 Å². The van der Waals surface area contributed by atoms with E-state index >= 15 is 0 Å². The summed E-state index contributed by atoms with van der Waals surface area (Å²) in [6, 6.07) is 5.94. The predicted octanol–water partition coefficient (Wildman–Crippen LogP) is 1.42. The molecule has 0 aliphatic heterocycles. The van der Waals surface area contributed by atoms with Gasteiger partial charge in [0.05, 0.1) is 11.5 Å². The summed E-state index contributed by atoms with van der Waals surface area (Å²) in [5.74, 6) is -0.483. The molecule has 0 aliphatic rings. The number of rotatable bonds is 5. The lowest BCUT2D eigenvalue weighted by atomic mass is 9.94. The van der Waals surface area contributed by atoms with Gasteiger partial charge in [-0.2, -0.15) is 0 Å². The lowest BCUT2D eigenvalue weighted by Gasteiger charge is -2.22. The molecule has 1 aromatic carbocycles. The minimum Gasteiger partial charge on any atom is -0.465 e. The molecule has 1 aromatic rings. The van der Waals surface area contributed by atoms with Crippen molar-refractivity contribution in [2.45, 2.75) is 25.8 Å². The average Bonchev–Trinajstić information content (AvgIpc) is 2.29. The average molecular weight is 252 g/mol. The fourth-order valence-corrected chi connectivity index (χ4v) is 1.53. The third-order valence-electron chi connectivity index (χ3n) is 2.46. The van der Waals surface area contributed by atoms with Crippen LogP contribution in [0.2, 0.25) is 0 Å². The lowest BCUT2D eigenvalue weighted by molar-refractivity contribution is -0.384. The molecule has 0 fully saturated rings. The maximum atomic E-state index is 11.6. The van der Waals surface area contributed by atoms with Crippen molar-refractivity contribution in [3.05, 3.63) is 39.9 Å². The molecule has 1 atom stereocenters. The van der Waals surface area contributed by atoms with E-state index in [0.29, 0.717) is 0 Å². The zero-order valence-corrected chi connectivity index (χ0v) is 10.4. The first kappa shape index (κ1) is 14.1. The minimum atomic E-state index is -1.13. The molecule has 0 radical (unpaired) electrons. The van der Waals surface area contributed by atoms with Crippen molar-refractivity contribution in [2.24, 2.45) is 5.73 Å². The molecular formula is C12H16N2O4. The quantitative estimate of drug-likeness (QED) is 0.485. The SMILES string of the molecule is CCOC(=O)C(C)(N)Cc1ccc([N+](=O)[O-])cc1. The Morgan fingerprint density at radius 2 is 2.00 bits per heavy atom. The molecule has 18 heavy (non-hydrogen) atoms. The van der Waals surface area contributed by atoms with E-state index in [2.05, 4.69) is 0 Å². The third-order valence-corrected chi connectivity index (χ3v) is 2.46. The van der Waals surface area contributed by atoms with Gasteiger partial charge in [-0.3, -0.25) is 14.9 Å². The lowest BCUT2D eigenvalue weighted by Crippen LogP contribution is -2.48. The molecule has 0 saturated heterocycles. The Morgan fingerprint density at radius 3 is 2.44 bits per heavy atom. The third kappa shape index (κ3) is 3.53. The second-order valence-electron chi connectivity index (χ2n) is 4.24. The summed E-state index contributed by atoms with van der Waals surface area (Å²) in [5, 5.41) is 10.5. The highest BCUT2D eigenvalue weighted by atomic mass is 16.6. The van der Waals surface area contributed by atoms with Crippen molar-refractivity contribution in [2.75, 3.05) is 6.61 Å². The van der Waals surface area contributed by atoms with E-state index in [0.717, 1.165) is 5.56 Å². The topological polar surface area (TPSA) is 95.5 Å². The summed E-state index contributed by atoms with van der Waals surface area (Å²) < 4.78 is 4.87. The number of ether oxygens (including phenoxy) is 1. The van der Waals surface area contributed by atoms with Crippen molar-refractivity contribution in [3.63, 3.8) is 0 Å². The van der Waals surface area contributed by atoms with Crippen molar-refractivity contribution in [1.29, 1.82) is 0 Å². The van der Waals surface area contributed by atoms with E-state index in [1.54, 1.807) is 26.0 Å². The van der Waals surface area contributed by atoms with Gasteiger partial charge in [0.15, 0.2) is 0 Å². The number of carbonyl (C=O) groups is 1. The van der Waals surface area contributed by atoms with Crippen LogP contribution in [0.4, 0.5) is 5.69 Å². The highest BCUT2D eigenvalue weighted by Crippen LogP contribution is 2.16. The van der Waals surface area contributed by atoms with E-state index in [9.17, 15) is 14.9 Å². The number of carbonyl (C=O) groups excluding carboxylic acids is 1. The number of nitro groups is 1. The first-order valence-electron chi connectivity index (χ1n) is 5.56. The summed E-state index contributed by atoms with van der Waals surface area (Å²) in [5.41, 5.74) is 5.49. The highest BCUT2D eigenvalue weighted by Gasteiger charge is 2.30. The molecule has 1 unspecified atom stereocenters. The van der Waals surface area contributed by atoms with E-state index in [-0.39, 0.29) is 18.7 Å². The summed E-state index contributed by atoms with van der Waals surface area (Å²) in [6.07, 6.45) is 0.268. The normalized spacial score (nSPS) is 13.7. The second-order valence-corrected chi connectivity index (χ2v) is 4.24. The van der Waals surface area contributed by atoms with Crippen LogP contribution in [0.3, 0.4) is 0 Å². The van der Waals surface area contributed by atoms with Gasteiger partial charge in [0.25, 0.3) is 5.69 Å². The smallest absolute Gasteiger partial charge is 0.326 e. The Kier molecular flexibility index (Phi) is 4.38. The van der Waals surface area contributed by atoms with Gasteiger partial charge in [0, 0.05) is 18.6 Å². The highest BCUT2D eigenvalue weighted by molar-refractivity contribution is 5.80. The molecule has 0 amide bonds. The van der Waals surface area contributed by atoms with E-state index in [4.69, 9.17) is 10.5 Å². The number of esters is 1. The van der Waals surface area contributed by atoms with Gasteiger partial charge in [-0.15, -0.1) is 0 Å². The molecule has 2 N–H and O–H groups in total. The molecule has 0 saturated carbocycles. The largest absolute Gasteiger partial charge is 0.465 e. The first-order valence-corrected chi connectivity index (χ1v) is 5.56. The van der Waals surface area contributed by atoms with Crippen molar-refractivity contribution in [3.8, 4) is 0 Å². The molecular weight excluding hydrogens is 236 g/mol. The molecule has 0 spiro atoms. The van der Waals surface area contributed by atoms with E-state index in [1.165, 1.54) is 12.1 Å². The summed E-state index contributed by atoms with van der Waals surface area (Å²) in [7, 11) is 0. The number of nitrogens with zero attached hydrogens (tertiary/aromatic N) is 1. The summed E-state index contributed by atoms with van der Waals surface area (Å²) >= 11 is 0. The van der Waals surface area contributed by atoms with E-state index in [1.807, 2.05) is 0 Å². The Bertz CT molecular complexity index is 440. The Morgan fingerprint density at radius 1 is 1.44 bits per heavy atom. The van der Waals surface area contributed by atoms with Gasteiger partial charge in [0.2, 0.25) is 0 Å². The zero-order valence-electron chi connectivity index (χ0n) is 10.4. The van der Waals surface area contributed by atoms with Gasteiger partial charge in [-0.25, -0.2) is 0 Å². The van der Waals surface area contributed by atoms with Crippen LogP contribution in [0.15, 0.2) is 24.3 Å². The van der Waals surface area contributed by atoms with Crippen LogP contribution in [-0.4, -0.2) is 23.0 Å². The summed E-state index contributed by atoms with van der Waals surface area (Å²) in [4.78, 5) is 21.6. The first-order chi connectivity index (χ1) is 8.36. The maximum Gasteiger partial charge on any atom is 0.326 e. The molecule has 98 valence electrons. The molecule has 6 heteroatoms. The fraction of sp³-hybridized carbons (Fsp3) is 0.417.